The molecule has 0 spiro atoms. The van der Waals surface area contributed by atoms with Crippen molar-refractivity contribution < 1.29 is 9.53 Å². The number of carbonyl (C=O) groups is 1. The molecule has 0 aliphatic rings. The number of fused-ring (bicyclic) bond motifs is 1. The molecule has 0 atom stereocenters. The summed E-state index contributed by atoms with van der Waals surface area (Å²) in [6, 6.07) is 15.2. The summed E-state index contributed by atoms with van der Waals surface area (Å²) in [5, 5.41) is 6.48. The number of aromatic nitrogens is 1. The second-order valence-corrected chi connectivity index (χ2v) is 6.46. The van der Waals surface area contributed by atoms with Crippen LogP contribution >= 0.6 is 23.6 Å². The molecule has 0 saturated heterocycles. The Balaban J connectivity index is 1.61. The van der Waals surface area contributed by atoms with Crippen LogP contribution in [0.3, 0.4) is 0 Å². The molecule has 0 saturated carbocycles. The second-order valence-electron chi connectivity index (χ2n) is 5.02. The van der Waals surface area contributed by atoms with Gasteiger partial charge in [0.1, 0.15) is 5.75 Å². The van der Waals surface area contributed by atoms with Gasteiger partial charge in [0.15, 0.2) is 10.2 Å². The zero-order chi connectivity index (χ0) is 16.9. The largest absolute Gasteiger partial charge is 0.497 e. The molecule has 3 rings (SSSR count). The van der Waals surface area contributed by atoms with E-state index >= 15 is 0 Å². The van der Waals surface area contributed by atoms with Crippen molar-refractivity contribution in [2.24, 2.45) is 0 Å². The molecule has 122 valence electrons. The number of hydrogen-bond donors (Lipinski definition) is 2. The van der Waals surface area contributed by atoms with Gasteiger partial charge in [-0.1, -0.05) is 41.7 Å². The fraction of sp³-hybridized carbons (Fsp3) is 0.118. The number of thiazole rings is 1. The van der Waals surface area contributed by atoms with Crippen LogP contribution in [0.2, 0.25) is 0 Å². The van der Waals surface area contributed by atoms with Gasteiger partial charge in [0.25, 0.3) is 0 Å². The third-order valence-corrected chi connectivity index (χ3v) is 4.41. The van der Waals surface area contributed by atoms with Crippen molar-refractivity contribution in [1.29, 1.82) is 0 Å². The van der Waals surface area contributed by atoms with Gasteiger partial charge in [-0.2, -0.15) is 0 Å². The molecule has 3 aromatic rings. The van der Waals surface area contributed by atoms with Crippen molar-refractivity contribution in [2.75, 3.05) is 12.4 Å². The fourth-order valence-electron chi connectivity index (χ4n) is 2.17. The van der Waals surface area contributed by atoms with E-state index in [0.29, 0.717) is 5.13 Å². The fourth-order valence-corrected chi connectivity index (χ4v) is 3.34. The van der Waals surface area contributed by atoms with E-state index in [1.165, 1.54) is 11.3 Å². The van der Waals surface area contributed by atoms with E-state index in [2.05, 4.69) is 15.6 Å². The van der Waals surface area contributed by atoms with Crippen molar-refractivity contribution in [3.05, 3.63) is 54.1 Å². The molecule has 5 nitrogen and oxygen atoms in total. The molecule has 0 radical (unpaired) electrons. The van der Waals surface area contributed by atoms with Gasteiger partial charge in [0.2, 0.25) is 5.91 Å². The summed E-state index contributed by atoms with van der Waals surface area (Å²) in [6.45, 7) is 0. The molecule has 7 heteroatoms. The molecular weight excluding hydrogens is 342 g/mol. The molecule has 0 bridgehead atoms. The molecule has 1 amide bonds. The van der Waals surface area contributed by atoms with E-state index in [1.54, 1.807) is 7.11 Å². The summed E-state index contributed by atoms with van der Waals surface area (Å²) >= 11 is 6.63. The van der Waals surface area contributed by atoms with E-state index in [9.17, 15) is 4.79 Å². The molecule has 0 aliphatic heterocycles. The third kappa shape index (κ3) is 4.06. The number of carbonyl (C=O) groups excluding carboxylic acids is 1. The maximum atomic E-state index is 12.0. The van der Waals surface area contributed by atoms with Crippen molar-refractivity contribution in [3.63, 3.8) is 0 Å². The van der Waals surface area contributed by atoms with E-state index in [4.69, 9.17) is 17.0 Å². The second kappa shape index (κ2) is 7.37. The van der Waals surface area contributed by atoms with Crippen LogP contribution in [0.15, 0.2) is 48.5 Å². The van der Waals surface area contributed by atoms with Crippen molar-refractivity contribution >= 4 is 49.9 Å². The molecule has 1 heterocycles. The SMILES string of the molecule is COc1ccc2nc(NC(=S)NC(=O)Cc3ccccc3)sc2c1. The van der Waals surface area contributed by atoms with Crippen molar-refractivity contribution in [3.8, 4) is 5.75 Å². The van der Waals surface area contributed by atoms with Gasteiger partial charge in [-0.25, -0.2) is 4.98 Å². The van der Waals surface area contributed by atoms with Gasteiger partial charge >= 0.3 is 0 Å². The number of ether oxygens (including phenoxy) is 1. The lowest BCUT2D eigenvalue weighted by Crippen LogP contribution is -2.35. The summed E-state index contributed by atoms with van der Waals surface area (Å²) in [5.74, 6) is 0.609. The number of hydrogen-bond acceptors (Lipinski definition) is 5. The smallest absolute Gasteiger partial charge is 0.230 e. The van der Waals surface area contributed by atoms with Crippen molar-refractivity contribution in [2.45, 2.75) is 6.42 Å². The zero-order valence-electron chi connectivity index (χ0n) is 12.9. The minimum Gasteiger partial charge on any atom is -0.497 e. The highest BCUT2D eigenvalue weighted by Crippen LogP contribution is 2.29. The maximum Gasteiger partial charge on any atom is 0.230 e. The van der Waals surface area contributed by atoms with Crippen LogP contribution in [0.4, 0.5) is 5.13 Å². The standard InChI is InChI=1S/C17H15N3O2S2/c1-22-12-7-8-13-14(10-12)24-17(18-13)20-16(23)19-15(21)9-11-5-3-2-4-6-11/h2-8,10H,9H2,1H3,(H2,18,19,20,21,23). The molecule has 1 aromatic heterocycles. The van der Waals surface area contributed by atoms with Gasteiger partial charge in [-0.15, -0.1) is 0 Å². The highest BCUT2D eigenvalue weighted by molar-refractivity contribution is 7.80. The predicted octanol–water partition coefficient (Wildman–Crippen LogP) is 3.36. The normalized spacial score (nSPS) is 10.4. The lowest BCUT2D eigenvalue weighted by Gasteiger charge is -2.07. The maximum absolute atomic E-state index is 12.0. The zero-order valence-corrected chi connectivity index (χ0v) is 14.5. The average Bonchev–Trinajstić information content (AvgIpc) is 2.96. The number of nitrogens with one attached hydrogen (secondary N) is 2. The summed E-state index contributed by atoms with van der Waals surface area (Å²) in [7, 11) is 1.62. The first-order chi connectivity index (χ1) is 11.6. The van der Waals surface area contributed by atoms with Gasteiger partial charge in [0, 0.05) is 0 Å². The van der Waals surface area contributed by atoms with Crippen LogP contribution in [-0.2, 0) is 11.2 Å². The van der Waals surface area contributed by atoms with Crippen LogP contribution in [-0.4, -0.2) is 23.1 Å². The minimum absolute atomic E-state index is 0.165. The Morgan fingerprint density at radius 1 is 1.25 bits per heavy atom. The first kappa shape index (κ1) is 16.4. The molecule has 2 N–H and O–H groups in total. The van der Waals surface area contributed by atoms with E-state index < -0.39 is 0 Å². The van der Waals surface area contributed by atoms with Crippen LogP contribution in [0.25, 0.3) is 10.2 Å². The molecule has 2 aromatic carbocycles. The van der Waals surface area contributed by atoms with Gasteiger partial charge in [-0.3, -0.25) is 4.79 Å². The lowest BCUT2D eigenvalue weighted by atomic mass is 10.1. The highest BCUT2D eigenvalue weighted by Gasteiger charge is 2.09. The summed E-state index contributed by atoms with van der Waals surface area (Å²) < 4.78 is 6.18. The van der Waals surface area contributed by atoms with Crippen LogP contribution in [0.1, 0.15) is 5.56 Å². The minimum atomic E-state index is -0.165. The Morgan fingerprint density at radius 3 is 2.79 bits per heavy atom. The van der Waals surface area contributed by atoms with Crippen LogP contribution < -0.4 is 15.4 Å². The first-order valence-corrected chi connectivity index (χ1v) is 8.46. The van der Waals surface area contributed by atoms with Gasteiger partial charge in [-0.05, 0) is 36.0 Å². The quantitative estimate of drug-likeness (QED) is 0.701. The summed E-state index contributed by atoms with van der Waals surface area (Å²) in [6.07, 6.45) is 0.277. The van der Waals surface area contributed by atoms with E-state index in [-0.39, 0.29) is 17.4 Å². The monoisotopic (exact) mass is 357 g/mol. The Bertz CT molecular complexity index is 878. The first-order valence-electron chi connectivity index (χ1n) is 7.23. The third-order valence-electron chi connectivity index (χ3n) is 3.28. The molecular formula is C17H15N3O2S2. The number of amides is 1. The van der Waals surface area contributed by atoms with Crippen LogP contribution in [0, 0.1) is 0 Å². The average molecular weight is 357 g/mol. The Labute approximate surface area is 148 Å². The Hall–Kier alpha value is -2.51. The number of nitrogens with zero attached hydrogens (tertiary/aromatic N) is 1. The van der Waals surface area contributed by atoms with Gasteiger partial charge < -0.3 is 15.4 Å². The molecule has 0 fully saturated rings. The Morgan fingerprint density at radius 2 is 2.04 bits per heavy atom. The predicted molar refractivity (Wildman–Crippen MR) is 101 cm³/mol. The van der Waals surface area contributed by atoms with Crippen molar-refractivity contribution in [1.82, 2.24) is 10.3 Å². The molecule has 24 heavy (non-hydrogen) atoms. The highest BCUT2D eigenvalue weighted by atomic mass is 32.1. The number of benzene rings is 2. The molecule has 0 aliphatic carbocycles. The summed E-state index contributed by atoms with van der Waals surface area (Å²) in [5.41, 5.74) is 1.78. The number of rotatable bonds is 4. The van der Waals surface area contributed by atoms with E-state index in [0.717, 1.165) is 21.5 Å². The van der Waals surface area contributed by atoms with Crippen LogP contribution in [0.5, 0.6) is 5.75 Å². The lowest BCUT2D eigenvalue weighted by molar-refractivity contribution is -0.119. The number of anilines is 1. The summed E-state index contributed by atoms with van der Waals surface area (Å²) in [4.78, 5) is 16.4. The number of methoxy groups -OCH3 is 1. The van der Waals surface area contributed by atoms with E-state index in [1.807, 2.05) is 48.5 Å². The number of thiocarbonyl (C=S) groups is 1. The van der Waals surface area contributed by atoms with Gasteiger partial charge in [0.05, 0.1) is 23.7 Å². The Kier molecular flexibility index (Phi) is 5.02. The molecule has 0 unspecified atom stereocenters. The topological polar surface area (TPSA) is 63.2 Å².